The monoisotopic (exact) mass is 429 g/mol. The zero-order chi connectivity index (χ0) is 22.2. The number of benzene rings is 2. The number of nitrogens with zero attached hydrogens (tertiary/aromatic N) is 2. The molecule has 1 aromatic heterocycles. The van der Waals surface area contributed by atoms with Crippen LogP contribution in [0, 0.1) is 0 Å². The summed E-state index contributed by atoms with van der Waals surface area (Å²) in [6, 6.07) is 11.4. The van der Waals surface area contributed by atoms with E-state index in [0.717, 1.165) is 12.1 Å². The number of carbonyl (C=O) groups is 1. The van der Waals surface area contributed by atoms with Crippen LogP contribution in [0.25, 0.3) is 11.4 Å². The van der Waals surface area contributed by atoms with Gasteiger partial charge in [-0.25, -0.2) is 4.98 Å². The number of alkyl halides is 3. The molecule has 0 saturated carbocycles. The van der Waals surface area contributed by atoms with Gasteiger partial charge in [0.1, 0.15) is 11.6 Å². The van der Waals surface area contributed by atoms with Gasteiger partial charge in [-0.3, -0.25) is 9.59 Å². The molecule has 160 valence electrons. The number of amides is 1. The third-order valence-electron chi connectivity index (χ3n) is 5.16. The van der Waals surface area contributed by atoms with E-state index in [1.54, 1.807) is 24.3 Å². The Morgan fingerprint density at radius 1 is 1.16 bits per heavy atom. The van der Waals surface area contributed by atoms with Gasteiger partial charge in [-0.1, -0.05) is 24.3 Å². The third-order valence-corrected chi connectivity index (χ3v) is 5.16. The van der Waals surface area contributed by atoms with Gasteiger partial charge in [0, 0.05) is 18.5 Å². The van der Waals surface area contributed by atoms with Gasteiger partial charge in [0.25, 0.3) is 11.5 Å². The maximum atomic E-state index is 13.0. The minimum Gasteiger partial charge on any atom is -0.496 e. The molecule has 1 amide bonds. The Morgan fingerprint density at radius 2 is 1.94 bits per heavy atom. The molecule has 4 rings (SSSR count). The summed E-state index contributed by atoms with van der Waals surface area (Å²) in [5.41, 5.74) is 0.0556. The van der Waals surface area contributed by atoms with Crippen LogP contribution in [0.2, 0.25) is 0 Å². The van der Waals surface area contributed by atoms with Crippen LogP contribution in [0.5, 0.6) is 5.75 Å². The molecular weight excluding hydrogens is 411 g/mol. The van der Waals surface area contributed by atoms with E-state index in [2.05, 4.69) is 9.97 Å². The van der Waals surface area contributed by atoms with E-state index in [-0.39, 0.29) is 23.8 Å². The second-order valence-corrected chi connectivity index (χ2v) is 7.10. The van der Waals surface area contributed by atoms with E-state index >= 15 is 0 Å². The van der Waals surface area contributed by atoms with Gasteiger partial charge < -0.3 is 14.6 Å². The maximum absolute atomic E-state index is 13.0. The third kappa shape index (κ3) is 4.03. The molecule has 0 atom stereocenters. The zero-order valence-electron chi connectivity index (χ0n) is 16.5. The highest BCUT2D eigenvalue weighted by molar-refractivity contribution is 5.97. The van der Waals surface area contributed by atoms with Crippen LogP contribution in [0.15, 0.2) is 53.3 Å². The summed E-state index contributed by atoms with van der Waals surface area (Å²) >= 11 is 0. The molecule has 1 N–H and O–H groups in total. The summed E-state index contributed by atoms with van der Waals surface area (Å²) in [7, 11) is 1.47. The molecule has 0 saturated heterocycles. The Balaban J connectivity index is 1.64. The first-order chi connectivity index (χ1) is 14.8. The van der Waals surface area contributed by atoms with Crippen molar-refractivity contribution in [2.75, 3.05) is 13.7 Å². The number of H-pyrrole nitrogens is 1. The lowest BCUT2D eigenvalue weighted by Crippen LogP contribution is -2.39. The first-order valence-corrected chi connectivity index (χ1v) is 9.50. The molecule has 0 spiro atoms. The molecule has 2 heterocycles. The highest BCUT2D eigenvalue weighted by atomic mass is 19.4. The Bertz CT molecular complexity index is 1200. The van der Waals surface area contributed by atoms with Crippen molar-refractivity contribution in [3.63, 3.8) is 0 Å². The molecule has 9 heteroatoms. The number of hydrogen-bond acceptors (Lipinski definition) is 4. The Morgan fingerprint density at radius 3 is 2.68 bits per heavy atom. The zero-order valence-corrected chi connectivity index (χ0v) is 16.5. The quantitative estimate of drug-likeness (QED) is 0.690. The minimum absolute atomic E-state index is 0.0530. The van der Waals surface area contributed by atoms with Crippen molar-refractivity contribution in [1.29, 1.82) is 0 Å². The van der Waals surface area contributed by atoms with Gasteiger partial charge in [-0.15, -0.1) is 0 Å². The van der Waals surface area contributed by atoms with Gasteiger partial charge in [-0.2, -0.15) is 13.2 Å². The van der Waals surface area contributed by atoms with Crippen molar-refractivity contribution in [3.05, 3.63) is 81.3 Å². The molecule has 2 aromatic carbocycles. The summed E-state index contributed by atoms with van der Waals surface area (Å²) in [5.74, 6) is 0.231. The second kappa shape index (κ2) is 7.90. The number of hydrogen-bond donors (Lipinski definition) is 1. The first kappa shape index (κ1) is 20.6. The molecule has 6 nitrogen and oxygen atoms in total. The molecule has 0 radical (unpaired) electrons. The fraction of sp³-hybridized carbons (Fsp3) is 0.227. The lowest BCUT2D eigenvalue weighted by atomic mass is 10.0. The Kier molecular flexibility index (Phi) is 5.26. The molecule has 1 aliphatic heterocycles. The molecule has 0 fully saturated rings. The minimum atomic E-state index is -4.50. The lowest BCUT2D eigenvalue weighted by molar-refractivity contribution is -0.137. The molecule has 0 bridgehead atoms. The van der Waals surface area contributed by atoms with Crippen molar-refractivity contribution in [2.24, 2.45) is 0 Å². The van der Waals surface area contributed by atoms with Crippen LogP contribution in [-0.2, 0) is 19.1 Å². The van der Waals surface area contributed by atoms with E-state index in [4.69, 9.17) is 4.74 Å². The summed E-state index contributed by atoms with van der Waals surface area (Å²) in [5, 5.41) is 0. The second-order valence-electron chi connectivity index (χ2n) is 7.10. The van der Waals surface area contributed by atoms with Crippen LogP contribution in [0.1, 0.15) is 27.2 Å². The van der Waals surface area contributed by atoms with Crippen LogP contribution >= 0.6 is 0 Å². The number of fused-ring (bicyclic) bond motifs is 1. The average molecular weight is 429 g/mol. The average Bonchev–Trinajstić information content (AvgIpc) is 2.78. The molecule has 0 unspecified atom stereocenters. The van der Waals surface area contributed by atoms with E-state index < -0.39 is 17.3 Å². The maximum Gasteiger partial charge on any atom is 0.416 e. The molecule has 1 aliphatic rings. The highest BCUT2D eigenvalue weighted by Gasteiger charge is 2.31. The van der Waals surface area contributed by atoms with Crippen LogP contribution in [0.4, 0.5) is 13.2 Å². The summed E-state index contributed by atoms with van der Waals surface area (Å²) in [6.07, 6.45) is -4.18. The van der Waals surface area contributed by atoms with E-state index in [9.17, 15) is 22.8 Å². The normalized spacial score (nSPS) is 13.6. The van der Waals surface area contributed by atoms with Crippen molar-refractivity contribution in [2.45, 2.75) is 19.1 Å². The number of nitrogens with one attached hydrogen (secondary N) is 1. The number of carbonyl (C=O) groups excluding carboxylic acids is 1. The van der Waals surface area contributed by atoms with Gasteiger partial charge in [-0.05, 0) is 24.3 Å². The fourth-order valence-electron chi connectivity index (χ4n) is 3.57. The smallest absolute Gasteiger partial charge is 0.416 e. The SMILES string of the molecule is COc1ccccc1C(=O)N1CCc2nc(-c3cccc(C(F)(F)F)c3)[nH]c(=O)c2C1. The molecule has 31 heavy (non-hydrogen) atoms. The van der Waals surface area contributed by atoms with Crippen LogP contribution in [0.3, 0.4) is 0 Å². The van der Waals surface area contributed by atoms with Crippen LogP contribution < -0.4 is 10.3 Å². The van der Waals surface area contributed by atoms with E-state index in [1.807, 2.05) is 0 Å². The number of rotatable bonds is 3. The van der Waals surface area contributed by atoms with Crippen molar-refractivity contribution in [3.8, 4) is 17.1 Å². The van der Waals surface area contributed by atoms with Crippen molar-refractivity contribution >= 4 is 5.91 Å². The van der Waals surface area contributed by atoms with E-state index in [0.29, 0.717) is 35.5 Å². The number of aromatic nitrogens is 2. The summed E-state index contributed by atoms with van der Waals surface area (Å²) in [6.45, 7) is 0.375. The van der Waals surface area contributed by atoms with E-state index in [1.165, 1.54) is 24.1 Å². The molecule has 3 aromatic rings. The standard InChI is InChI=1S/C22H18F3N3O3/c1-31-18-8-3-2-7-15(18)21(30)28-10-9-17-16(12-28)20(29)27-19(26-17)13-5-4-6-14(11-13)22(23,24)25/h2-8,11H,9-10,12H2,1H3,(H,26,27,29). The Labute approximate surface area is 175 Å². The van der Waals surface area contributed by atoms with Gasteiger partial charge in [0.2, 0.25) is 0 Å². The predicted molar refractivity (Wildman–Crippen MR) is 107 cm³/mol. The first-order valence-electron chi connectivity index (χ1n) is 9.50. The largest absolute Gasteiger partial charge is 0.496 e. The summed E-state index contributed by atoms with van der Waals surface area (Å²) < 4.78 is 44.3. The fourth-order valence-corrected chi connectivity index (χ4v) is 3.57. The van der Waals surface area contributed by atoms with Gasteiger partial charge >= 0.3 is 6.18 Å². The number of aromatic amines is 1. The highest BCUT2D eigenvalue weighted by Crippen LogP contribution is 2.31. The lowest BCUT2D eigenvalue weighted by Gasteiger charge is -2.28. The summed E-state index contributed by atoms with van der Waals surface area (Å²) in [4.78, 5) is 34.1. The number of para-hydroxylation sites is 1. The van der Waals surface area contributed by atoms with Crippen LogP contribution in [-0.4, -0.2) is 34.4 Å². The topological polar surface area (TPSA) is 75.3 Å². The van der Waals surface area contributed by atoms with Crippen molar-refractivity contribution < 1.29 is 22.7 Å². The Hall–Kier alpha value is -3.62. The van der Waals surface area contributed by atoms with Gasteiger partial charge in [0.05, 0.1) is 36.0 Å². The van der Waals surface area contributed by atoms with Crippen molar-refractivity contribution in [1.82, 2.24) is 14.9 Å². The predicted octanol–water partition coefficient (Wildman–Crippen LogP) is 3.66. The number of halogens is 3. The number of ether oxygens (including phenoxy) is 1. The molecular formula is C22H18F3N3O3. The molecule has 0 aliphatic carbocycles. The van der Waals surface area contributed by atoms with Gasteiger partial charge in [0.15, 0.2) is 0 Å². The number of methoxy groups -OCH3 is 1.